The highest BCUT2D eigenvalue weighted by atomic mass is 35.5. The van der Waals surface area contributed by atoms with Crippen molar-refractivity contribution in [1.82, 2.24) is 35.5 Å². The van der Waals surface area contributed by atoms with Gasteiger partial charge < -0.3 is 26.4 Å². The number of fused-ring (bicyclic) bond motifs is 1. The highest BCUT2D eigenvalue weighted by Gasteiger charge is 2.50. The van der Waals surface area contributed by atoms with Crippen molar-refractivity contribution in [3.8, 4) is 0 Å². The molecule has 1 aliphatic carbocycles. The molecule has 16 nitrogen and oxygen atoms in total. The van der Waals surface area contributed by atoms with Crippen molar-refractivity contribution in [2.75, 3.05) is 18.1 Å². The number of Topliss-reactive ketones (excluding diaryl/α,β-unsaturated/α-hetero) is 1. The number of pyridine rings is 1. The van der Waals surface area contributed by atoms with E-state index in [1.165, 1.54) is 22.0 Å². The predicted molar refractivity (Wildman–Crippen MR) is 197 cm³/mol. The van der Waals surface area contributed by atoms with Gasteiger partial charge in [0.15, 0.2) is 9.84 Å². The van der Waals surface area contributed by atoms with E-state index in [0.29, 0.717) is 28.0 Å². The SMILES string of the molecule is CC(C)(O)c1cnnn1[C@H]1C[C@@H](C(=O)NC2(C(=O)C(N)=O)CCS(=O)(=O)CC2)N(C(=O)C(CC2CCCCC2)NC(=O)c2cnc3cc(Cl)ccc3c2)C1. The van der Waals surface area contributed by atoms with Gasteiger partial charge in [0.1, 0.15) is 23.2 Å². The molecule has 3 aliphatic rings. The van der Waals surface area contributed by atoms with E-state index in [2.05, 4.69) is 25.9 Å². The summed E-state index contributed by atoms with van der Waals surface area (Å²) in [4.78, 5) is 74.1. The van der Waals surface area contributed by atoms with Crippen LogP contribution >= 0.6 is 11.6 Å². The van der Waals surface area contributed by atoms with E-state index in [-0.39, 0.29) is 37.3 Å². The van der Waals surface area contributed by atoms with Crippen molar-refractivity contribution >= 4 is 61.8 Å². The van der Waals surface area contributed by atoms with Gasteiger partial charge in [0.25, 0.3) is 11.8 Å². The largest absolute Gasteiger partial charge is 0.384 e. The molecule has 4 amide bonds. The van der Waals surface area contributed by atoms with E-state index in [9.17, 15) is 37.5 Å². The molecule has 18 heteroatoms. The maximum absolute atomic E-state index is 14.8. The van der Waals surface area contributed by atoms with E-state index in [1.807, 2.05) is 0 Å². The van der Waals surface area contributed by atoms with Crippen LogP contribution in [-0.4, -0.2) is 103 Å². The number of sulfone groups is 1. The second-order valence-electron chi connectivity index (χ2n) is 15.3. The average molecular weight is 785 g/mol. The molecule has 3 atom stereocenters. The fourth-order valence-corrected chi connectivity index (χ4v) is 9.61. The number of halogens is 1. The van der Waals surface area contributed by atoms with Crippen LogP contribution in [0.4, 0.5) is 0 Å². The number of hydrogen-bond acceptors (Lipinski definition) is 11. The second kappa shape index (κ2) is 15.3. The molecular formula is C36H45ClN8O8S. The van der Waals surface area contributed by atoms with Gasteiger partial charge >= 0.3 is 0 Å². The van der Waals surface area contributed by atoms with Crippen LogP contribution in [-0.2, 0) is 34.6 Å². The van der Waals surface area contributed by atoms with Crippen molar-refractivity contribution in [3.63, 3.8) is 0 Å². The smallest absolute Gasteiger partial charge is 0.287 e. The van der Waals surface area contributed by atoms with E-state index >= 15 is 0 Å². The third-order valence-corrected chi connectivity index (χ3v) is 12.8. The molecule has 0 bridgehead atoms. The lowest BCUT2D eigenvalue weighted by atomic mass is 9.84. The van der Waals surface area contributed by atoms with Gasteiger partial charge in [-0.25, -0.2) is 13.1 Å². The first kappa shape index (κ1) is 39.2. The second-order valence-corrected chi connectivity index (χ2v) is 18.0. The van der Waals surface area contributed by atoms with Crippen LogP contribution in [0.15, 0.2) is 36.7 Å². The maximum Gasteiger partial charge on any atom is 0.287 e. The molecule has 1 aromatic carbocycles. The minimum atomic E-state index is -3.54. The highest BCUT2D eigenvalue weighted by Crippen LogP contribution is 2.35. The molecule has 0 spiro atoms. The summed E-state index contributed by atoms with van der Waals surface area (Å²) in [5.41, 5.74) is 3.24. The van der Waals surface area contributed by atoms with Crippen molar-refractivity contribution in [1.29, 1.82) is 0 Å². The number of benzene rings is 1. The lowest BCUT2D eigenvalue weighted by molar-refractivity contribution is -0.145. The lowest BCUT2D eigenvalue weighted by Gasteiger charge is -2.37. The fourth-order valence-electron chi connectivity index (χ4n) is 7.92. The van der Waals surface area contributed by atoms with Gasteiger partial charge in [-0.1, -0.05) is 55.0 Å². The summed E-state index contributed by atoms with van der Waals surface area (Å²) in [5.74, 6) is -5.15. The number of carbonyl (C=O) groups is 5. The molecule has 1 unspecified atom stereocenters. The first-order valence-corrected chi connectivity index (χ1v) is 20.3. The molecule has 290 valence electrons. The lowest BCUT2D eigenvalue weighted by Crippen LogP contribution is -2.64. The van der Waals surface area contributed by atoms with Gasteiger partial charge in [-0.2, -0.15) is 0 Å². The topological polar surface area (TPSA) is 237 Å². The Labute approximate surface area is 317 Å². The molecule has 3 fully saturated rings. The molecule has 5 N–H and O–H groups in total. The Morgan fingerprint density at radius 1 is 1.07 bits per heavy atom. The van der Waals surface area contributed by atoms with Crippen LogP contribution in [0.1, 0.15) is 93.7 Å². The molecule has 0 radical (unpaired) electrons. The van der Waals surface area contributed by atoms with Crippen LogP contribution in [0.25, 0.3) is 10.9 Å². The number of ketones is 1. The number of likely N-dealkylation sites (tertiary alicyclic amines) is 1. The van der Waals surface area contributed by atoms with Crippen molar-refractivity contribution in [2.24, 2.45) is 11.7 Å². The van der Waals surface area contributed by atoms with E-state index in [1.54, 1.807) is 38.1 Å². The summed E-state index contributed by atoms with van der Waals surface area (Å²) in [6.07, 6.45) is 7.06. The first-order valence-electron chi connectivity index (χ1n) is 18.1. The van der Waals surface area contributed by atoms with Gasteiger partial charge in [0.2, 0.25) is 17.6 Å². The predicted octanol–water partition coefficient (Wildman–Crippen LogP) is 1.74. The molecule has 2 aliphatic heterocycles. The number of rotatable bonds is 11. The van der Waals surface area contributed by atoms with Gasteiger partial charge in [-0.15, -0.1) is 5.10 Å². The van der Waals surface area contributed by atoms with Crippen LogP contribution in [0.3, 0.4) is 0 Å². The summed E-state index contributed by atoms with van der Waals surface area (Å²) in [5, 5.41) is 25.8. The monoisotopic (exact) mass is 784 g/mol. The third kappa shape index (κ3) is 8.42. The molecule has 3 aromatic rings. The summed E-state index contributed by atoms with van der Waals surface area (Å²) in [6.45, 7) is 3.02. The van der Waals surface area contributed by atoms with Gasteiger partial charge in [-0.05, 0) is 57.2 Å². The zero-order chi connectivity index (χ0) is 39.0. The number of nitrogens with two attached hydrogens (primary N) is 1. The van der Waals surface area contributed by atoms with E-state index in [0.717, 1.165) is 32.1 Å². The summed E-state index contributed by atoms with van der Waals surface area (Å²) >= 11 is 6.12. The normalized spacial score (nSPS) is 22.0. The number of amides is 4. The molecule has 2 saturated heterocycles. The highest BCUT2D eigenvalue weighted by molar-refractivity contribution is 7.91. The summed E-state index contributed by atoms with van der Waals surface area (Å²) < 4.78 is 26.1. The zero-order valence-corrected chi connectivity index (χ0v) is 31.7. The number of hydrogen-bond donors (Lipinski definition) is 4. The molecule has 4 heterocycles. The molecule has 2 aromatic heterocycles. The Balaban J connectivity index is 1.34. The average Bonchev–Trinajstić information content (AvgIpc) is 3.81. The quantitative estimate of drug-likeness (QED) is 0.204. The number of carbonyl (C=O) groups excluding carboxylic acids is 5. The van der Waals surface area contributed by atoms with E-state index in [4.69, 9.17) is 17.3 Å². The number of aromatic nitrogens is 4. The Kier molecular flexibility index (Phi) is 11.1. The number of primary amides is 1. The van der Waals surface area contributed by atoms with E-state index < -0.39 is 80.0 Å². The minimum absolute atomic E-state index is 0.0373. The fraction of sp³-hybridized carbons (Fsp3) is 0.556. The van der Waals surface area contributed by atoms with Crippen molar-refractivity contribution < 1.29 is 37.5 Å². The third-order valence-electron chi connectivity index (χ3n) is 10.9. The van der Waals surface area contributed by atoms with Crippen LogP contribution < -0.4 is 16.4 Å². The minimum Gasteiger partial charge on any atom is -0.384 e. The van der Waals surface area contributed by atoms with Gasteiger partial charge in [-0.3, -0.25) is 29.0 Å². The summed E-state index contributed by atoms with van der Waals surface area (Å²) in [7, 11) is -3.54. The Morgan fingerprint density at radius 3 is 2.44 bits per heavy atom. The van der Waals surface area contributed by atoms with Crippen LogP contribution in [0.5, 0.6) is 0 Å². The van der Waals surface area contributed by atoms with Crippen LogP contribution in [0, 0.1) is 5.92 Å². The van der Waals surface area contributed by atoms with Crippen LogP contribution in [0.2, 0.25) is 5.02 Å². The molecular weight excluding hydrogens is 740 g/mol. The molecule has 54 heavy (non-hydrogen) atoms. The molecule has 1 saturated carbocycles. The van der Waals surface area contributed by atoms with Gasteiger partial charge in [0, 0.05) is 29.6 Å². The Bertz CT molecular complexity index is 2060. The first-order chi connectivity index (χ1) is 25.5. The number of aliphatic hydroxyl groups is 1. The zero-order valence-electron chi connectivity index (χ0n) is 30.2. The molecule has 6 rings (SSSR count). The van der Waals surface area contributed by atoms with Gasteiger partial charge in [0.05, 0.1) is 40.5 Å². The Hall–Kier alpha value is -4.48. The Morgan fingerprint density at radius 2 is 1.78 bits per heavy atom. The van der Waals surface area contributed by atoms with Crippen molar-refractivity contribution in [3.05, 3.63) is 52.9 Å². The number of nitrogens with zero attached hydrogens (tertiary/aromatic N) is 5. The summed E-state index contributed by atoms with van der Waals surface area (Å²) in [6, 6.07) is 3.75. The standard InChI is InChI=1S/C36H45ClN8O8S/c1-35(2,51)29-19-40-43-45(29)25-17-28(33(49)42-36(30(46)31(38)47)10-12-54(52,53)13-11-36)44(20-25)34(50)27(14-21-6-4-3-5-7-21)41-32(48)23-15-22-8-9-24(37)16-26(22)39-18-23/h8-9,15-16,18-19,21,25,27-28,51H,3-7,10-14,17,20H2,1-2H3,(H2,38,47)(H,41,48)(H,42,49)/t25-,27?,28-/m0/s1. The maximum atomic E-state index is 14.8. The van der Waals surface area contributed by atoms with Crippen molar-refractivity contribution in [2.45, 2.75) is 101 Å². The number of nitrogens with one attached hydrogen (secondary N) is 2.